The van der Waals surface area contributed by atoms with Gasteiger partial charge in [0.15, 0.2) is 0 Å². The minimum absolute atomic E-state index is 0.0450. The van der Waals surface area contributed by atoms with Crippen LogP contribution in [0, 0.1) is 0 Å². The molecule has 0 saturated heterocycles. The zero-order valence-electron chi connectivity index (χ0n) is 7.68. The van der Waals surface area contributed by atoms with Crippen LogP contribution in [0.3, 0.4) is 0 Å². The van der Waals surface area contributed by atoms with Crippen molar-refractivity contribution in [2.45, 2.75) is 18.9 Å². The Morgan fingerprint density at radius 1 is 1.46 bits per heavy atom. The van der Waals surface area contributed by atoms with Crippen LogP contribution in [0.5, 0.6) is 0 Å². The minimum atomic E-state index is -0.108. The largest absolute Gasteiger partial charge is 0.394 e. The number of aryl methyl sites for hydroxylation is 1. The van der Waals surface area contributed by atoms with E-state index in [1.54, 1.807) is 25.6 Å². The molecule has 1 heterocycles. The molecule has 1 aromatic rings. The Labute approximate surface area is 77.6 Å². The molecule has 0 saturated carbocycles. The SMILES string of the molecule is COC(CO)CCc1ncccn1. The van der Waals surface area contributed by atoms with E-state index in [0.29, 0.717) is 0 Å². The van der Waals surface area contributed by atoms with E-state index in [4.69, 9.17) is 9.84 Å². The van der Waals surface area contributed by atoms with Crippen molar-refractivity contribution in [3.8, 4) is 0 Å². The lowest BCUT2D eigenvalue weighted by molar-refractivity contribution is 0.0432. The van der Waals surface area contributed by atoms with Gasteiger partial charge in [-0.2, -0.15) is 0 Å². The van der Waals surface area contributed by atoms with Crippen molar-refractivity contribution >= 4 is 0 Å². The van der Waals surface area contributed by atoms with Crippen LogP contribution in [0.1, 0.15) is 12.2 Å². The molecular weight excluding hydrogens is 168 g/mol. The van der Waals surface area contributed by atoms with Gasteiger partial charge in [0.25, 0.3) is 0 Å². The molecular formula is C9H14N2O2. The van der Waals surface area contributed by atoms with Gasteiger partial charge in [0, 0.05) is 25.9 Å². The van der Waals surface area contributed by atoms with Gasteiger partial charge in [-0.25, -0.2) is 9.97 Å². The van der Waals surface area contributed by atoms with Crippen LogP contribution >= 0.6 is 0 Å². The van der Waals surface area contributed by atoms with E-state index < -0.39 is 0 Å². The van der Waals surface area contributed by atoms with Gasteiger partial charge in [0.1, 0.15) is 5.82 Å². The molecule has 0 aliphatic rings. The predicted molar refractivity (Wildman–Crippen MR) is 48.2 cm³/mol. The molecule has 0 aliphatic heterocycles. The number of aliphatic hydroxyl groups is 1. The third-order valence-corrected chi connectivity index (χ3v) is 1.85. The molecule has 4 nitrogen and oxygen atoms in total. The van der Waals surface area contributed by atoms with E-state index in [-0.39, 0.29) is 12.7 Å². The molecule has 1 aromatic heterocycles. The summed E-state index contributed by atoms with van der Waals surface area (Å²) < 4.78 is 5.02. The number of methoxy groups -OCH3 is 1. The Morgan fingerprint density at radius 2 is 2.15 bits per heavy atom. The number of nitrogens with zero attached hydrogens (tertiary/aromatic N) is 2. The average molecular weight is 182 g/mol. The van der Waals surface area contributed by atoms with Gasteiger partial charge < -0.3 is 9.84 Å². The molecule has 0 aliphatic carbocycles. The summed E-state index contributed by atoms with van der Waals surface area (Å²) in [4.78, 5) is 8.14. The second kappa shape index (κ2) is 5.61. The first-order valence-corrected chi connectivity index (χ1v) is 4.26. The molecule has 1 atom stereocenters. The summed E-state index contributed by atoms with van der Waals surface area (Å²) in [5.41, 5.74) is 0. The first-order chi connectivity index (χ1) is 6.36. The van der Waals surface area contributed by atoms with Crippen molar-refractivity contribution in [3.63, 3.8) is 0 Å². The van der Waals surface area contributed by atoms with Crippen LogP contribution < -0.4 is 0 Å². The molecule has 0 spiro atoms. The van der Waals surface area contributed by atoms with Gasteiger partial charge in [-0.3, -0.25) is 0 Å². The van der Waals surface area contributed by atoms with Crippen molar-refractivity contribution < 1.29 is 9.84 Å². The summed E-state index contributed by atoms with van der Waals surface area (Å²) in [6, 6.07) is 1.78. The first kappa shape index (κ1) is 10.1. The maximum atomic E-state index is 8.84. The number of aromatic nitrogens is 2. The Balaban J connectivity index is 2.34. The molecule has 0 radical (unpaired) electrons. The van der Waals surface area contributed by atoms with Crippen molar-refractivity contribution in [1.29, 1.82) is 0 Å². The second-order valence-corrected chi connectivity index (χ2v) is 2.74. The van der Waals surface area contributed by atoms with Crippen LogP contribution in [-0.4, -0.2) is 34.9 Å². The summed E-state index contributed by atoms with van der Waals surface area (Å²) in [6.45, 7) is 0.0450. The first-order valence-electron chi connectivity index (χ1n) is 4.26. The molecule has 1 unspecified atom stereocenters. The third-order valence-electron chi connectivity index (χ3n) is 1.85. The van der Waals surface area contributed by atoms with Crippen molar-refractivity contribution in [2.24, 2.45) is 0 Å². The van der Waals surface area contributed by atoms with Gasteiger partial charge in [-0.1, -0.05) is 0 Å². The van der Waals surface area contributed by atoms with Gasteiger partial charge in [0.2, 0.25) is 0 Å². The fourth-order valence-corrected chi connectivity index (χ4v) is 1.03. The lowest BCUT2D eigenvalue weighted by Crippen LogP contribution is -2.16. The third kappa shape index (κ3) is 3.48. The maximum absolute atomic E-state index is 8.84. The van der Waals surface area contributed by atoms with Crippen LogP contribution in [-0.2, 0) is 11.2 Å². The van der Waals surface area contributed by atoms with Gasteiger partial charge >= 0.3 is 0 Å². The van der Waals surface area contributed by atoms with E-state index in [2.05, 4.69) is 9.97 Å². The predicted octanol–water partition coefficient (Wildman–Crippen LogP) is 0.417. The van der Waals surface area contributed by atoms with Crippen LogP contribution in [0.25, 0.3) is 0 Å². The molecule has 72 valence electrons. The second-order valence-electron chi connectivity index (χ2n) is 2.74. The molecule has 0 amide bonds. The molecule has 0 fully saturated rings. The molecule has 0 aromatic carbocycles. The summed E-state index contributed by atoms with van der Waals surface area (Å²) in [5.74, 6) is 0.790. The van der Waals surface area contributed by atoms with E-state index >= 15 is 0 Å². The van der Waals surface area contributed by atoms with Crippen molar-refractivity contribution in [3.05, 3.63) is 24.3 Å². The van der Waals surface area contributed by atoms with E-state index in [9.17, 15) is 0 Å². The number of ether oxygens (including phenoxy) is 1. The molecule has 13 heavy (non-hydrogen) atoms. The normalized spacial score (nSPS) is 12.8. The van der Waals surface area contributed by atoms with Crippen LogP contribution in [0.15, 0.2) is 18.5 Å². The average Bonchev–Trinajstić information content (AvgIpc) is 2.21. The Bertz CT molecular complexity index is 224. The van der Waals surface area contributed by atoms with E-state index in [1.165, 1.54) is 0 Å². The summed E-state index contributed by atoms with van der Waals surface area (Å²) in [6.07, 6.45) is 4.80. The lowest BCUT2D eigenvalue weighted by atomic mass is 10.2. The standard InChI is InChI=1S/C9H14N2O2/c1-13-8(7-12)3-4-9-10-5-2-6-11-9/h2,5-6,8,12H,3-4,7H2,1H3. The fraction of sp³-hybridized carbons (Fsp3) is 0.556. The zero-order valence-corrected chi connectivity index (χ0v) is 7.68. The number of hydrogen-bond acceptors (Lipinski definition) is 4. The Hall–Kier alpha value is -1.00. The van der Waals surface area contributed by atoms with Gasteiger partial charge in [-0.05, 0) is 12.5 Å². The lowest BCUT2D eigenvalue weighted by Gasteiger charge is -2.10. The molecule has 1 N–H and O–H groups in total. The number of rotatable bonds is 5. The van der Waals surface area contributed by atoms with Crippen molar-refractivity contribution in [2.75, 3.05) is 13.7 Å². The monoisotopic (exact) mass is 182 g/mol. The number of hydrogen-bond donors (Lipinski definition) is 1. The zero-order chi connectivity index (χ0) is 9.52. The molecule has 1 rings (SSSR count). The van der Waals surface area contributed by atoms with Gasteiger partial charge in [0.05, 0.1) is 12.7 Å². The highest BCUT2D eigenvalue weighted by Crippen LogP contribution is 2.01. The van der Waals surface area contributed by atoms with Gasteiger partial charge in [-0.15, -0.1) is 0 Å². The Kier molecular flexibility index (Phi) is 4.35. The number of aliphatic hydroxyl groups excluding tert-OH is 1. The van der Waals surface area contributed by atoms with Crippen LogP contribution in [0.4, 0.5) is 0 Å². The quantitative estimate of drug-likeness (QED) is 0.717. The highest BCUT2D eigenvalue weighted by Gasteiger charge is 2.06. The summed E-state index contributed by atoms with van der Waals surface area (Å²) in [5, 5.41) is 8.84. The smallest absolute Gasteiger partial charge is 0.128 e. The van der Waals surface area contributed by atoms with E-state index in [0.717, 1.165) is 18.7 Å². The minimum Gasteiger partial charge on any atom is -0.394 e. The highest BCUT2D eigenvalue weighted by atomic mass is 16.5. The Morgan fingerprint density at radius 3 is 2.69 bits per heavy atom. The van der Waals surface area contributed by atoms with Crippen LogP contribution in [0.2, 0.25) is 0 Å². The molecule has 0 bridgehead atoms. The fourth-order valence-electron chi connectivity index (χ4n) is 1.03. The maximum Gasteiger partial charge on any atom is 0.128 e. The molecule has 4 heteroatoms. The summed E-state index contributed by atoms with van der Waals surface area (Å²) in [7, 11) is 1.59. The topological polar surface area (TPSA) is 55.2 Å². The van der Waals surface area contributed by atoms with E-state index in [1.807, 2.05) is 0 Å². The highest BCUT2D eigenvalue weighted by molar-refractivity contribution is 4.88. The summed E-state index contributed by atoms with van der Waals surface area (Å²) >= 11 is 0. The van der Waals surface area contributed by atoms with Crippen molar-refractivity contribution in [1.82, 2.24) is 9.97 Å².